The van der Waals surface area contributed by atoms with Crippen LogP contribution in [0.4, 0.5) is 0 Å². The highest BCUT2D eigenvalue weighted by molar-refractivity contribution is 5.88. The number of amides is 2. The van der Waals surface area contributed by atoms with Crippen molar-refractivity contribution in [3.05, 3.63) is 59.2 Å². The molecule has 31 heavy (non-hydrogen) atoms. The summed E-state index contributed by atoms with van der Waals surface area (Å²) in [7, 11) is 1.60. The molecule has 0 saturated carbocycles. The number of hydrogen-bond acceptors (Lipinski definition) is 4. The van der Waals surface area contributed by atoms with Crippen LogP contribution in [0.15, 0.2) is 42.5 Å². The van der Waals surface area contributed by atoms with E-state index in [1.807, 2.05) is 77.1 Å². The molecule has 6 heteroatoms. The standard InChI is InChI=1S/C25H34N2O4/c1-17-11-18(2)13-22(12-17)31-16-23(28)27(19(3)24(29)26-25(4,5)6)15-20-9-8-10-21(14-20)30-7/h8-14,19H,15-16H2,1-7H3,(H,26,29)/t19-/m1/s1. The summed E-state index contributed by atoms with van der Waals surface area (Å²) in [6.45, 7) is 11.5. The second-order valence-corrected chi connectivity index (χ2v) is 8.90. The third-order valence-corrected chi connectivity index (χ3v) is 4.71. The summed E-state index contributed by atoms with van der Waals surface area (Å²) in [6.07, 6.45) is 0. The summed E-state index contributed by atoms with van der Waals surface area (Å²) < 4.78 is 11.1. The van der Waals surface area contributed by atoms with E-state index < -0.39 is 11.6 Å². The number of hydrogen-bond donors (Lipinski definition) is 1. The average Bonchev–Trinajstić information content (AvgIpc) is 2.68. The second-order valence-electron chi connectivity index (χ2n) is 8.90. The normalized spacial score (nSPS) is 12.1. The van der Waals surface area contributed by atoms with Gasteiger partial charge in [-0.2, -0.15) is 0 Å². The number of carbonyl (C=O) groups excluding carboxylic acids is 2. The Morgan fingerprint density at radius 1 is 1.03 bits per heavy atom. The fourth-order valence-corrected chi connectivity index (χ4v) is 3.27. The molecule has 0 aliphatic rings. The molecule has 0 bridgehead atoms. The number of carbonyl (C=O) groups is 2. The molecule has 0 aromatic heterocycles. The van der Waals surface area contributed by atoms with E-state index in [0.717, 1.165) is 16.7 Å². The van der Waals surface area contributed by atoms with Crippen molar-refractivity contribution < 1.29 is 19.1 Å². The molecule has 2 amide bonds. The summed E-state index contributed by atoms with van der Waals surface area (Å²) in [5.41, 5.74) is 2.60. The van der Waals surface area contributed by atoms with Crippen molar-refractivity contribution in [1.82, 2.24) is 10.2 Å². The van der Waals surface area contributed by atoms with E-state index in [1.54, 1.807) is 18.9 Å². The quantitative estimate of drug-likeness (QED) is 0.692. The van der Waals surface area contributed by atoms with Gasteiger partial charge in [-0.05, 0) is 82.5 Å². The SMILES string of the molecule is COc1cccc(CN(C(=O)COc2cc(C)cc(C)c2)[C@H](C)C(=O)NC(C)(C)C)c1. The van der Waals surface area contributed by atoms with Crippen molar-refractivity contribution in [2.24, 2.45) is 0 Å². The minimum absolute atomic E-state index is 0.153. The van der Waals surface area contributed by atoms with Gasteiger partial charge in [0.25, 0.3) is 5.91 Å². The van der Waals surface area contributed by atoms with Crippen LogP contribution >= 0.6 is 0 Å². The van der Waals surface area contributed by atoms with E-state index in [0.29, 0.717) is 11.5 Å². The zero-order valence-corrected chi connectivity index (χ0v) is 19.6. The van der Waals surface area contributed by atoms with Crippen LogP contribution in [0, 0.1) is 13.8 Å². The highest BCUT2D eigenvalue weighted by Gasteiger charge is 2.28. The molecule has 0 spiro atoms. The topological polar surface area (TPSA) is 67.9 Å². The van der Waals surface area contributed by atoms with Gasteiger partial charge in [-0.3, -0.25) is 9.59 Å². The van der Waals surface area contributed by atoms with Gasteiger partial charge in [-0.15, -0.1) is 0 Å². The Kier molecular flexibility index (Phi) is 8.08. The van der Waals surface area contributed by atoms with Crippen molar-refractivity contribution in [3.63, 3.8) is 0 Å². The first kappa shape index (κ1) is 24.3. The van der Waals surface area contributed by atoms with Crippen LogP contribution < -0.4 is 14.8 Å². The summed E-state index contributed by atoms with van der Waals surface area (Å²) in [6, 6.07) is 12.6. The maximum absolute atomic E-state index is 13.1. The number of methoxy groups -OCH3 is 1. The van der Waals surface area contributed by atoms with Crippen LogP contribution in [0.5, 0.6) is 11.5 Å². The minimum atomic E-state index is -0.666. The summed E-state index contributed by atoms with van der Waals surface area (Å²) in [5, 5.41) is 2.95. The molecule has 0 aliphatic carbocycles. The largest absolute Gasteiger partial charge is 0.497 e. The van der Waals surface area contributed by atoms with Gasteiger partial charge < -0.3 is 19.7 Å². The van der Waals surface area contributed by atoms with E-state index in [-0.39, 0.29) is 25.0 Å². The Morgan fingerprint density at radius 2 is 1.68 bits per heavy atom. The maximum atomic E-state index is 13.1. The van der Waals surface area contributed by atoms with E-state index in [9.17, 15) is 9.59 Å². The van der Waals surface area contributed by atoms with E-state index >= 15 is 0 Å². The second kappa shape index (κ2) is 10.3. The fourth-order valence-electron chi connectivity index (χ4n) is 3.27. The van der Waals surface area contributed by atoms with Crippen LogP contribution in [0.25, 0.3) is 0 Å². The number of benzene rings is 2. The van der Waals surface area contributed by atoms with E-state index in [2.05, 4.69) is 5.32 Å². The molecule has 0 unspecified atom stereocenters. The minimum Gasteiger partial charge on any atom is -0.497 e. The van der Waals surface area contributed by atoms with Crippen molar-refractivity contribution in [3.8, 4) is 11.5 Å². The molecule has 0 fully saturated rings. The zero-order valence-electron chi connectivity index (χ0n) is 19.6. The lowest BCUT2D eigenvalue weighted by Crippen LogP contribution is -2.53. The highest BCUT2D eigenvalue weighted by Crippen LogP contribution is 2.19. The predicted octanol–water partition coefficient (Wildman–Crippen LogP) is 4.02. The van der Waals surface area contributed by atoms with Gasteiger partial charge >= 0.3 is 0 Å². The number of aryl methyl sites for hydroxylation is 2. The Labute approximate surface area is 185 Å². The third-order valence-electron chi connectivity index (χ3n) is 4.71. The first-order valence-corrected chi connectivity index (χ1v) is 10.4. The molecule has 0 radical (unpaired) electrons. The lowest BCUT2D eigenvalue weighted by molar-refractivity contribution is -0.142. The zero-order chi connectivity index (χ0) is 23.2. The van der Waals surface area contributed by atoms with Crippen molar-refractivity contribution in [1.29, 1.82) is 0 Å². The van der Waals surface area contributed by atoms with Gasteiger partial charge in [0.2, 0.25) is 5.91 Å². The van der Waals surface area contributed by atoms with Crippen molar-refractivity contribution in [2.75, 3.05) is 13.7 Å². The van der Waals surface area contributed by atoms with Crippen LogP contribution in [-0.2, 0) is 16.1 Å². The van der Waals surface area contributed by atoms with Gasteiger partial charge in [-0.25, -0.2) is 0 Å². The van der Waals surface area contributed by atoms with Crippen LogP contribution in [0.3, 0.4) is 0 Å². The molecular formula is C25H34N2O4. The average molecular weight is 427 g/mol. The number of nitrogens with one attached hydrogen (secondary N) is 1. The highest BCUT2D eigenvalue weighted by atomic mass is 16.5. The Bertz CT molecular complexity index is 898. The van der Waals surface area contributed by atoms with Crippen LogP contribution in [0.1, 0.15) is 44.4 Å². The molecule has 168 valence electrons. The van der Waals surface area contributed by atoms with Crippen LogP contribution in [0.2, 0.25) is 0 Å². The molecular weight excluding hydrogens is 392 g/mol. The predicted molar refractivity (Wildman–Crippen MR) is 122 cm³/mol. The summed E-state index contributed by atoms with van der Waals surface area (Å²) in [5.74, 6) is 0.857. The summed E-state index contributed by atoms with van der Waals surface area (Å²) >= 11 is 0. The molecule has 0 aliphatic heterocycles. The van der Waals surface area contributed by atoms with Gasteiger partial charge in [0.15, 0.2) is 6.61 Å². The van der Waals surface area contributed by atoms with Gasteiger partial charge in [0.1, 0.15) is 17.5 Å². The van der Waals surface area contributed by atoms with Crippen LogP contribution in [-0.4, -0.2) is 42.0 Å². The molecule has 2 aromatic rings. The smallest absolute Gasteiger partial charge is 0.261 e. The first-order chi connectivity index (χ1) is 14.5. The first-order valence-electron chi connectivity index (χ1n) is 10.4. The van der Waals surface area contributed by atoms with Gasteiger partial charge in [-0.1, -0.05) is 18.2 Å². The third kappa shape index (κ3) is 7.63. The molecule has 2 rings (SSSR count). The Hall–Kier alpha value is -3.02. The van der Waals surface area contributed by atoms with Crippen molar-refractivity contribution in [2.45, 2.75) is 59.7 Å². The van der Waals surface area contributed by atoms with Crippen molar-refractivity contribution >= 4 is 11.8 Å². The number of ether oxygens (including phenoxy) is 2. The fraction of sp³-hybridized carbons (Fsp3) is 0.440. The van der Waals surface area contributed by atoms with Gasteiger partial charge in [0, 0.05) is 12.1 Å². The molecule has 2 aromatic carbocycles. The monoisotopic (exact) mass is 426 g/mol. The lowest BCUT2D eigenvalue weighted by Gasteiger charge is -2.31. The molecule has 1 atom stereocenters. The Balaban J connectivity index is 2.22. The van der Waals surface area contributed by atoms with E-state index in [4.69, 9.17) is 9.47 Å². The number of rotatable bonds is 8. The molecule has 0 heterocycles. The number of nitrogens with zero attached hydrogens (tertiary/aromatic N) is 1. The summed E-state index contributed by atoms with van der Waals surface area (Å²) in [4.78, 5) is 27.5. The molecule has 1 N–H and O–H groups in total. The maximum Gasteiger partial charge on any atom is 0.261 e. The lowest BCUT2D eigenvalue weighted by atomic mass is 10.1. The van der Waals surface area contributed by atoms with Gasteiger partial charge in [0.05, 0.1) is 7.11 Å². The molecule has 0 saturated heterocycles. The molecule has 6 nitrogen and oxygen atoms in total. The Morgan fingerprint density at radius 3 is 2.26 bits per heavy atom. The van der Waals surface area contributed by atoms with E-state index in [1.165, 1.54) is 0 Å².